The predicted molar refractivity (Wildman–Crippen MR) is 72.5 cm³/mol. The molecule has 1 aliphatic rings. The summed E-state index contributed by atoms with van der Waals surface area (Å²) in [6.07, 6.45) is 4.90. The van der Waals surface area contributed by atoms with Gasteiger partial charge in [0.25, 0.3) is 0 Å². The summed E-state index contributed by atoms with van der Waals surface area (Å²) >= 11 is 1.73. The molecule has 0 atom stereocenters. The zero-order valence-corrected chi connectivity index (χ0v) is 10.8. The highest BCUT2D eigenvalue weighted by Crippen LogP contribution is 2.19. The quantitative estimate of drug-likeness (QED) is 0.762. The maximum absolute atomic E-state index is 11.4. The molecule has 1 fully saturated rings. The van der Waals surface area contributed by atoms with E-state index in [1.54, 1.807) is 11.8 Å². The Morgan fingerprint density at radius 3 is 2.65 bits per heavy atom. The van der Waals surface area contributed by atoms with Gasteiger partial charge in [-0.3, -0.25) is 4.79 Å². The summed E-state index contributed by atoms with van der Waals surface area (Å²) in [5.41, 5.74) is 1.07. The molecule has 1 aromatic rings. The second kappa shape index (κ2) is 5.96. The van der Waals surface area contributed by atoms with Crippen molar-refractivity contribution in [2.24, 2.45) is 0 Å². The molecule has 1 saturated carbocycles. The van der Waals surface area contributed by atoms with Crippen molar-refractivity contribution in [3.63, 3.8) is 0 Å². The van der Waals surface area contributed by atoms with Crippen LogP contribution in [-0.4, -0.2) is 24.7 Å². The van der Waals surface area contributed by atoms with Gasteiger partial charge in [0, 0.05) is 29.6 Å². The molecule has 0 heterocycles. The third-order valence-corrected chi connectivity index (χ3v) is 3.46. The molecule has 0 spiro atoms. The molecule has 1 aliphatic carbocycles. The normalized spacial score (nSPS) is 14.4. The van der Waals surface area contributed by atoms with E-state index in [2.05, 4.69) is 29.0 Å². The molecular weight excluding hydrogens is 232 g/mol. The highest BCUT2D eigenvalue weighted by Gasteiger charge is 2.22. The number of hydrogen-bond donors (Lipinski definition) is 2. The minimum atomic E-state index is 0.153. The lowest BCUT2D eigenvalue weighted by atomic mass is 10.3. The second-order valence-corrected chi connectivity index (χ2v) is 5.13. The first-order valence-corrected chi connectivity index (χ1v) is 7.17. The average Bonchev–Trinajstić information content (AvgIpc) is 3.14. The van der Waals surface area contributed by atoms with Crippen molar-refractivity contribution in [1.29, 1.82) is 0 Å². The van der Waals surface area contributed by atoms with Gasteiger partial charge in [0.05, 0.1) is 0 Å². The number of nitrogens with one attached hydrogen (secondary N) is 2. The van der Waals surface area contributed by atoms with Crippen LogP contribution in [0, 0.1) is 0 Å². The van der Waals surface area contributed by atoms with Crippen molar-refractivity contribution >= 4 is 23.4 Å². The average molecular weight is 250 g/mol. The Balaban J connectivity index is 1.67. The van der Waals surface area contributed by atoms with Crippen LogP contribution in [0.3, 0.4) is 0 Å². The molecule has 92 valence electrons. The molecule has 1 amide bonds. The van der Waals surface area contributed by atoms with Crippen LogP contribution in [0.1, 0.15) is 19.3 Å². The first kappa shape index (κ1) is 12.3. The van der Waals surface area contributed by atoms with Crippen LogP contribution < -0.4 is 10.6 Å². The molecule has 0 saturated heterocycles. The lowest BCUT2D eigenvalue weighted by molar-refractivity contribution is -0.120. The van der Waals surface area contributed by atoms with Crippen molar-refractivity contribution in [3.05, 3.63) is 24.3 Å². The molecule has 0 aliphatic heterocycles. The molecule has 3 nitrogen and oxygen atoms in total. The van der Waals surface area contributed by atoms with E-state index in [4.69, 9.17) is 0 Å². The Bertz CT molecular complexity index is 374. The molecule has 1 aromatic carbocycles. The summed E-state index contributed by atoms with van der Waals surface area (Å²) in [4.78, 5) is 12.7. The number of benzene rings is 1. The van der Waals surface area contributed by atoms with E-state index in [-0.39, 0.29) is 5.91 Å². The Morgan fingerprint density at radius 1 is 1.35 bits per heavy atom. The van der Waals surface area contributed by atoms with Gasteiger partial charge in [-0.1, -0.05) is 0 Å². The fraction of sp³-hybridized carbons (Fsp3) is 0.462. The summed E-state index contributed by atoms with van der Waals surface area (Å²) in [5.74, 6) is 0.153. The van der Waals surface area contributed by atoms with Gasteiger partial charge in [-0.05, 0) is 43.4 Å². The molecule has 0 unspecified atom stereocenters. The number of hydrogen-bond acceptors (Lipinski definition) is 3. The number of rotatable bonds is 6. The molecule has 0 bridgehead atoms. The predicted octanol–water partition coefficient (Wildman–Crippen LogP) is 2.49. The maximum Gasteiger partial charge on any atom is 0.221 e. The van der Waals surface area contributed by atoms with Gasteiger partial charge in [-0.25, -0.2) is 0 Å². The monoisotopic (exact) mass is 250 g/mol. The van der Waals surface area contributed by atoms with E-state index in [1.165, 1.54) is 4.90 Å². The number of carbonyl (C=O) groups is 1. The topological polar surface area (TPSA) is 41.1 Å². The third kappa shape index (κ3) is 4.30. The zero-order chi connectivity index (χ0) is 12.1. The molecule has 2 rings (SSSR count). The third-order valence-electron chi connectivity index (χ3n) is 2.71. The minimum absolute atomic E-state index is 0.153. The number of carbonyl (C=O) groups excluding carboxylic acids is 1. The van der Waals surface area contributed by atoms with Gasteiger partial charge in [0.15, 0.2) is 0 Å². The first-order valence-electron chi connectivity index (χ1n) is 5.95. The lowest BCUT2D eigenvalue weighted by Crippen LogP contribution is -2.27. The zero-order valence-electron chi connectivity index (χ0n) is 10.0. The van der Waals surface area contributed by atoms with Crippen LogP contribution in [0.25, 0.3) is 0 Å². The maximum atomic E-state index is 11.4. The molecule has 0 radical (unpaired) electrons. The van der Waals surface area contributed by atoms with Crippen LogP contribution in [0.5, 0.6) is 0 Å². The van der Waals surface area contributed by atoms with Gasteiger partial charge in [-0.2, -0.15) is 0 Å². The molecule has 2 N–H and O–H groups in total. The van der Waals surface area contributed by atoms with Gasteiger partial charge in [0.2, 0.25) is 5.91 Å². The largest absolute Gasteiger partial charge is 0.385 e. The minimum Gasteiger partial charge on any atom is -0.385 e. The second-order valence-electron chi connectivity index (χ2n) is 4.25. The number of thioether (sulfide) groups is 1. The highest BCUT2D eigenvalue weighted by molar-refractivity contribution is 7.98. The summed E-state index contributed by atoms with van der Waals surface area (Å²) in [5, 5.41) is 6.23. The number of anilines is 1. The van der Waals surface area contributed by atoms with Crippen molar-refractivity contribution in [2.45, 2.75) is 30.2 Å². The fourth-order valence-corrected chi connectivity index (χ4v) is 1.96. The van der Waals surface area contributed by atoms with Crippen molar-refractivity contribution in [3.8, 4) is 0 Å². The molecule has 0 aromatic heterocycles. The number of amides is 1. The molecule has 4 heteroatoms. The van der Waals surface area contributed by atoms with E-state index in [0.29, 0.717) is 19.0 Å². The summed E-state index contributed by atoms with van der Waals surface area (Å²) in [6.45, 7) is 0.692. The Labute approximate surface area is 106 Å². The first-order chi connectivity index (χ1) is 8.28. The summed E-state index contributed by atoms with van der Waals surface area (Å²) in [6, 6.07) is 8.72. The van der Waals surface area contributed by atoms with Crippen LogP contribution in [0.15, 0.2) is 29.2 Å². The Kier molecular flexibility index (Phi) is 4.31. The standard InChI is InChI=1S/C13H18N2OS/c1-17-12-6-4-10(5-7-12)14-9-8-13(16)15-11-2-3-11/h4-7,11,14H,2-3,8-9H2,1H3,(H,15,16). The van der Waals surface area contributed by atoms with Crippen molar-refractivity contribution < 1.29 is 4.79 Å². The van der Waals surface area contributed by atoms with E-state index >= 15 is 0 Å². The van der Waals surface area contributed by atoms with Gasteiger partial charge >= 0.3 is 0 Å². The van der Waals surface area contributed by atoms with Gasteiger partial charge in [0.1, 0.15) is 0 Å². The smallest absolute Gasteiger partial charge is 0.221 e. The van der Waals surface area contributed by atoms with Crippen LogP contribution in [0.4, 0.5) is 5.69 Å². The van der Waals surface area contributed by atoms with E-state index in [9.17, 15) is 4.79 Å². The Morgan fingerprint density at radius 2 is 2.06 bits per heavy atom. The van der Waals surface area contributed by atoms with Gasteiger partial charge < -0.3 is 10.6 Å². The van der Waals surface area contributed by atoms with Crippen LogP contribution in [-0.2, 0) is 4.79 Å². The highest BCUT2D eigenvalue weighted by atomic mass is 32.2. The van der Waals surface area contributed by atoms with E-state index in [1.807, 2.05) is 12.1 Å². The van der Waals surface area contributed by atoms with Crippen LogP contribution in [0.2, 0.25) is 0 Å². The van der Waals surface area contributed by atoms with E-state index in [0.717, 1.165) is 18.5 Å². The molecular formula is C13H18N2OS. The van der Waals surface area contributed by atoms with Gasteiger partial charge in [-0.15, -0.1) is 11.8 Å². The SMILES string of the molecule is CSc1ccc(NCCC(=O)NC2CC2)cc1. The lowest BCUT2D eigenvalue weighted by Gasteiger charge is -2.07. The van der Waals surface area contributed by atoms with Crippen molar-refractivity contribution in [2.75, 3.05) is 18.1 Å². The summed E-state index contributed by atoms with van der Waals surface area (Å²) in [7, 11) is 0. The van der Waals surface area contributed by atoms with Crippen molar-refractivity contribution in [1.82, 2.24) is 5.32 Å². The summed E-state index contributed by atoms with van der Waals surface area (Å²) < 4.78 is 0. The van der Waals surface area contributed by atoms with E-state index < -0.39 is 0 Å². The van der Waals surface area contributed by atoms with Crippen LogP contribution >= 0.6 is 11.8 Å². The molecule has 17 heavy (non-hydrogen) atoms. The fourth-order valence-electron chi connectivity index (χ4n) is 1.56. The Hall–Kier alpha value is -1.16.